The fourth-order valence-electron chi connectivity index (χ4n) is 3.03. The molecular formula is C14H23BrN2O. The van der Waals surface area contributed by atoms with Gasteiger partial charge in [0.05, 0.1) is 17.3 Å². The first kappa shape index (κ1) is 14.1. The van der Waals surface area contributed by atoms with Crippen molar-refractivity contribution in [3.05, 3.63) is 22.6 Å². The zero-order valence-electron chi connectivity index (χ0n) is 11.1. The van der Waals surface area contributed by atoms with Crippen molar-refractivity contribution in [2.75, 3.05) is 13.1 Å². The molecular weight excluding hydrogens is 292 g/mol. The Hall–Kier alpha value is -0.320. The smallest absolute Gasteiger partial charge is 0.131 e. The van der Waals surface area contributed by atoms with Crippen LogP contribution in [-0.2, 0) is 6.54 Å². The van der Waals surface area contributed by atoms with E-state index in [9.17, 15) is 0 Å². The van der Waals surface area contributed by atoms with Crippen LogP contribution in [0.2, 0.25) is 0 Å². The SMILES string of the molecule is CCN(Cc1occc1Br)C1CCCCC1CN. The second-order valence-corrected chi connectivity index (χ2v) is 5.96. The monoisotopic (exact) mass is 314 g/mol. The Kier molecular flexibility index (Phi) is 5.27. The summed E-state index contributed by atoms with van der Waals surface area (Å²) < 4.78 is 6.61. The van der Waals surface area contributed by atoms with E-state index < -0.39 is 0 Å². The molecule has 1 saturated carbocycles. The van der Waals surface area contributed by atoms with E-state index in [1.165, 1.54) is 25.7 Å². The van der Waals surface area contributed by atoms with Crippen LogP contribution in [0.15, 0.2) is 21.2 Å². The fraction of sp³-hybridized carbons (Fsp3) is 0.714. The Labute approximate surface area is 118 Å². The van der Waals surface area contributed by atoms with Crippen molar-refractivity contribution < 1.29 is 4.42 Å². The molecule has 2 atom stereocenters. The van der Waals surface area contributed by atoms with E-state index in [0.29, 0.717) is 12.0 Å². The number of hydrogen-bond acceptors (Lipinski definition) is 3. The highest BCUT2D eigenvalue weighted by Gasteiger charge is 2.29. The van der Waals surface area contributed by atoms with Crippen LogP contribution in [0.5, 0.6) is 0 Å². The van der Waals surface area contributed by atoms with Crippen molar-refractivity contribution in [3.63, 3.8) is 0 Å². The fourth-order valence-corrected chi connectivity index (χ4v) is 3.36. The first-order valence-corrected chi connectivity index (χ1v) is 7.71. The van der Waals surface area contributed by atoms with E-state index in [0.717, 1.165) is 29.9 Å². The van der Waals surface area contributed by atoms with Gasteiger partial charge in [0.1, 0.15) is 5.76 Å². The van der Waals surface area contributed by atoms with Crippen molar-refractivity contribution in [2.24, 2.45) is 11.7 Å². The summed E-state index contributed by atoms with van der Waals surface area (Å²) in [6.07, 6.45) is 6.96. The summed E-state index contributed by atoms with van der Waals surface area (Å²) >= 11 is 3.54. The molecule has 0 aromatic carbocycles. The molecule has 1 aromatic heterocycles. The molecule has 1 aliphatic rings. The van der Waals surface area contributed by atoms with Crippen LogP contribution in [0.3, 0.4) is 0 Å². The van der Waals surface area contributed by atoms with Crippen LogP contribution in [0.4, 0.5) is 0 Å². The van der Waals surface area contributed by atoms with Gasteiger partial charge in [-0.3, -0.25) is 4.90 Å². The predicted molar refractivity (Wildman–Crippen MR) is 77.3 cm³/mol. The Balaban J connectivity index is 2.05. The Morgan fingerprint density at radius 1 is 1.44 bits per heavy atom. The second kappa shape index (κ2) is 6.73. The van der Waals surface area contributed by atoms with Crippen LogP contribution in [-0.4, -0.2) is 24.0 Å². The molecule has 2 rings (SSSR count). The normalized spacial score (nSPS) is 24.7. The molecule has 1 fully saturated rings. The third-order valence-corrected chi connectivity index (χ3v) is 4.79. The van der Waals surface area contributed by atoms with Gasteiger partial charge in [-0.1, -0.05) is 19.8 Å². The van der Waals surface area contributed by atoms with Gasteiger partial charge in [-0.15, -0.1) is 0 Å². The van der Waals surface area contributed by atoms with Crippen LogP contribution < -0.4 is 5.73 Å². The molecule has 18 heavy (non-hydrogen) atoms. The molecule has 1 heterocycles. The highest BCUT2D eigenvalue weighted by molar-refractivity contribution is 9.10. The van der Waals surface area contributed by atoms with Gasteiger partial charge in [-0.05, 0) is 53.8 Å². The minimum absolute atomic E-state index is 0.616. The molecule has 0 radical (unpaired) electrons. The van der Waals surface area contributed by atoms with Gasteiger partial charge in [-0.25, -0.2) is 0 Å². The van der Waals surface area contributed by atoms with E-state index in [1.54, 1.807) is 6.26 Å². The highest BCUT2D eigenvalue weighted by atomic mass is 79.9. The minimum Gasteiger partial charge on any atom is -0.467 e. The average molecular weight is 315 g/mol. The Bertz CT molecular complexity index is 366. The largest absolute Gasteiger partial charge is 0.467 e. The molecule has 3 nitrogen and oxygen atoms in total. The lowest BCUT2D eigenvalue weighted by molar-refractivity contribution is 0.0981. The van der Waals surface area contributed by atoms with Crippen molar-refractivity contribution in [2.45, 2.75) is 45.2 Å². The standard InChI is InChI=1S/C14H23BrN2O/c1-2-17(10-14-12(15)7-8-18-14)13-6-4-3-5-11(13)9-16/h7-8,11,13H,2-6,9-10,16H2,1H3. The molecule has 0 spiro atoms. The summed E-state index contributed by atoms with van der Waals surface area (Å²) in [5, 5.41) is 0. The van der Waals surface area contributed by atoms with Crippen molar-refractivity contribution in [1.29, 1.82) is 0 Å². The van der Waals surface area contributed by atoms with E-state index >= 15 is 0 Å². The number of hydrogen-bond donors (Lipinski definition) is 1. The summed E-state index contributed by atoms with van der Waals surface area (Å²) in [6, 6.07) is 2.58. The van der Waals surface area contributed by atoms with Crippen LogP contribution in [0, 0.1) is 5.92 Å². The third kappa shape index (κ3) is 3.16. The Morgan fingerprint density at radius 2 is 2.22 bits per heavy atom. The molecule has 0 aliphatic heterocycles. The topological polar surface area (TPSA) is 42.4 Å². The summed E-state index contributed by atoms with van der Waals surface area (Å²) in [5.74, 6) is 1.67. The number of halogens is 1. The van der Waals surface area contributed by atoms with E-state index in [-0.39, 0.29) is 0 Å². The quantitative estimate of drug-likeness (QED) is 0.906. The third-order valence-electron chi connectivity index (χ3n) is 4.08. The van der Waals surface area contributed by atoms with Gasteiger partial charge in [0.15, 0.2) is 0 Å². The second-order valence-electron chi connectivity index (χ2n) is 5.10. The molecule has 0 bridgehead atoms. The number of nitrogens with two attached hydrogens (primary N) is 1. The average Bonchev–Trinajstić information content (AvgIpc) is 2.81. The van der Waals surface area contributed by atoms with Crippen molar-refractivity contribution in [1.82, 2.24) is 4.90 Å². The lowest BCUT2D eigenvalue weighted by Crippen LogP contribution is -2.44. The van der Waals surface area contributed by atoms with E-state index in [2.05, 4.69) is 27.8 Å². The molecule has 102 valence electrons. The minimum atomic E-state index is 0.616. The molecule has 2 N–H and O–H groups in total. The van der Waals surface area contributed by atoms with Gasteiger partial charge < -0.3 is 10.2 Å². The zero-order valence-corrected chi connectivity index (χ0v) is 12.7. The van der Waals surface area contributed by atoms with Gasteiger partial charge in [0.25, 0.3) is 0 Å². The van der Waals surface area contributed by atoms with Gasteiger partial charge in [0.2, 0.25) is 0 Å². The van der Waals surface area contributed by atoms with Crippen LogP contribution in [0.25, 0.3) is 0 Å². The predicted octanol–water partition coefficient (Wildman–Crippen LogP) is 3.38. The zero-order chi connectivity index (χ0) is 13.0. The number of rotatable bonds is 5. The molecule has 0 amide bonds. The Morgan fingerprint density at radius 3 is 2.83 bits per heavy atom. The highest BCUT2D eigenvalue weighted by Crippen LogP contribution is 2.30. The van der Waals surface area contributed by atoms with Crippen LogP contribution in [0.1, 0.15) is 38.4 Å². The number of furan rings is 1. The summed E-state index contributed by atoms with van der Waals surface area (Å²) in [7, 11) is 0. The van der Waals surface area contributed by atoms with E-state index in [1.807, 2.05) is 6.07 Å². The first-order valence-electron chi connectivity index (χ1n) is 6.92. The molecule has 1 aromatic rings. The summed E-state index contributed by atoms with van der Waals surface area (Å²) in [5.41, 5.74) is 5.93. The van der Waals surface area contributed by atoms with Crippen LogP contribution >= 0.6 is 15.9 Å². The van der Waals surface area contributed by atoms with E-state index in [4.69, 9.17) is 10.2 Å². The van der Waals surface area contributed by atoms with Gasteiger partial charge >= 0.3 is 0 Å². The maximum absolute atomic E-state index is 5.93. The lowest BCUT2D eigenvalue weighted by Gasteiger charge is -2.38. The maximum Gasteiger partial charge on any atom is 0.131 e. The summed E-state index contributed by atoms with van der Waals surface area (Å²) in [6.45, 7) is 4.96. The van der Waals surface area contributed by atoms with Gasteiger partial charge in [-0.2, -0.15) is 0 Å². The number of nitrogens with zero attached hydrogens (tertiary/aromatic N) is 1. The molecule has 0 saturated heterocycles. The van der Waals surface area contributed by atoms with Gasteiger partial charge in [0, 0.05) is 6.04 Å². The summed E-state index contributed by atoms with van der Waals surface area (Å²) in [4.78, 5) is 2.51. The molecule has 2 unspecified atom stereocenters. The first-order chi connectivity index (χ1) is 8.76. The van der Waals surface area contributed by atoms with Crippen molar-refractivity contribution in [3.8, 4) is 0 Å². The van der Waals surface area contributed by atoms with Crippen molar-refractivity contribution >= 4 is 15.9 Å². The molecule has 4 heteroatoms. The molecule has 1 aliphatic carbocycles. The lowest BCUT2D eigenvalue weighted by atomic mass is 9.83. The maximum atomic E-state index is 5.93.